The predicted octanol–water partition coefficient (Wildman–Crippen LogP) is 3.43. The quantitative estimate of drug-likeness (QED) is 0.933. The fraction of sp³-hybridized carbons (Fsp3) is 0.333. The van der Waals surface area contributed by atoms with E-state index in [1.54, 1.807) is 12.1 Å². The number of fused-ring (bicyclic) bond motifs is 1. The molecule has 2 nitrogen and oxygen atoms in total. The zero-order valence-electron chi connectivity index (χ0n) is 11.8. The van der Waals surface area contributed by atoms with Gasteiger partial charge in [0.1, 0.15) is 5.82 Å². The Morgan fingerprint density at radius 3 is 2.71 bits per heavy atom. The van der Waals surface area contributed by atoms with Crippen LogP contribution >= 0.6 is 0 Å². The Hall–Kier alpha value is -1.71. The first-order valence-electron chi connectivity index (χ1n) is 7.34. The minimum Gasteiger partial charge on any atom is -0.393 e. The second-order valence-corrected chi connectivity index (χ2v) is 5.53. The van der Waals surface area contributed by atoms with Gasteiger partial charge in [-0.05, 0) is 41.7 Å². The van der Waals surface area contributed by atoms with Gasteiger partial charge in [0, 0.05) is 6.42 Å². The molecule has 0 aliphatic carbocycles. The molecule has 21 heavy (non-hydrogen) atoms. The molecule has 2 aromatic rings. The maximum Gasteiger partial charge on any atom is 0.123 e. The Kier molecular flexibility index (Phi) is 4.32. The van der Waals surface area contributed by atoms with Gasteiger partial charge in [0.2, 0.25) is 0 Å². The molecule has 2 unspecified atom stereocenters. The zero-order valence-corrected chi connectivity index (χ0v) is 11.8. The summed E-state index contributed by atoms with van der Waals surface area (Å²) in [4.78, 5) is 0. The van der Waals surface area contributed by atoms with Crippen LogP contribution in [0.3, 0.4) is 0 Å². The molecule has 2 aromatic carbocycles. The van der Waals surface area contributed by atoms with E-state index in [2.05, 4.69) is 12.1 Å². The monoisotopic (exact) mass is 286 g/mol. The highest BCUT2D eigenvalue weighted by atomic mass is 19.1. The van der Waals surface area contributed by atoms with Crippen molar-refractivity contribution < 1.29 is 14.2 Å². The van der Waals surface area contributed by atoms with Crippen molar-refractivity contribution in [1.29, 1.82) is 0 Å². The van der Waals surface area contributed by atoms with Crippen LogP contribution in [0.1, 0.15) is 29.2 Å². The molecule has 0 spiro atoms. The highest BCUT2D eigenvalue weighted by molar-refractivity contribution is 5.31. The number of hydrogen-bond donors (Lipinski definition) is 1. The van der Waals surface area contributed by atoms with Gasteiger partial charge in [0.25, 0.3) is 0 Å². The summed E-state index contributed by atoms with van der Waals surface area (Å²) >= 11 is 0. The van der Waals surface area contributed by atoms with Crippen LogP contribution in [0.5, 0.6) is 0 Å². The van der Waals surface area contributed by atoms with Crippen molar-refractivity contribution in [2.45, 2.75) is 31.5 Å². The summed E-state index contributed by atoms with van der Waals surface area (Å²) in [6, 6.07) is 14.5. The van der Waals surface area contributed by atoms with Crippen LogP contribution in [0.25, 0.3) is 0 Å². The molecule has 1 aliphatic heterocycles. The number of aliphatic hydroxyl groups is 1. The van der Waals surface area contributed by atoms with E-state index >= 15 is 0 Å². The smallest absolute Gasteiger partial charge is 0.123 e. The third-order valence-electron chi connectivity index (χ3n) is 3.96. The van der Waals surface area contributed by atoms with E-state index in [9.17, 15) is 9.50 Å². The van der Waals surface area contributed by atoms with Crippen LogP contribution in [-0.4, -0.2) is 17.8 Å². The second kappa shape index (κ2) is 6.37. The van der Waals surface area contributed by atoms with E-state index in [1.165, 1.54) is 23.3 Å². The Bertz CT molecular complexity index is 594. The van der Waals surface area contributed by atoms with Gasteiger partial charge < -0.3 is 9.84 Å². The Morgan fingerprint density at radius 2 is 1.90 bits per heavy atom. The number of aliphatic hydroxyl groups excluding tert-OH is 1. The Balaban J connectivity index is 1.65. The van der Waals surface area contributed by atoms with Gasteiger partial charge in [-0.1, -0.05) is 36.4 Å². The molecule has 3 heteroatoms. The van der Waals surface area contributed by atoms with Gasteiger partial charge in [0.05, 0.1) is 18.8 Å². The van der Waals surface area contributed by atoms with Gasteiger partial charge >= 0.3 is 0 Å². The highest BCUT2D eigenvalue weighted by Gasteiger charge is 2.23. The standard InChI is InChI=1S/C18H19FO2/c19-15-7-5-13(6-8-15)11-16(20)12-18-17-4-2-1-3-14(17)9-10-21-18/h1-8,16,18,20H,9-12H2. The van der Waals surface area contributed by atoms with Crippen LogP contribution in [0, 0.1) is 5.82 Å². The lowest BCUT2D eigenvalue weighted by Crippen LogP contribution is -2.22. The highest BCUT2D eigenvalue weighted by Crippen LogP contribution is 2.31. The first kappa shape index (κ1) is 14.2. The van der Waals surface area contributed by atoms with Gasteiger partial charge in [-0.2, -0.15) is 0 Å². The van der Waals surface area contributed by atoms with E-state index in [4.69, 9.17) is 4.74 Å². The Labute approximate surface area is 124 Å². The molecule has 1 heterocycles. The molecular weight excluding hydrogens is 267 g/mol. The average molecular weight is 286 g/mol. The summed E-state index contributed by atoms with van der Waals surface area (Å²) in [6.07, 6.45) is 1.47. The summed E-state index contributed by atoms with van der Waals surface area (Å²) in [5.74, 6) is -0.252. The lowest BCUT2D eigenvalue weighted by atomic mass is 9.93. The lowest BCUT2D eigenvalue weighted by molar-refractivity contribution is 0.00456. The third-order valence-corrected chi connectivity index (χ3v) is 3.96. The molecule has 0 saturated heterocycles. The summed E-state index contributed by atoms with van der Waals surface area (Å²) < 4.78 is 18.7. The molecule has 1 N–H and O–H groups in total. The third kappa shape index (κ3) is 3.49. The van der Waals surface area contributed by atoms with E-state index < -0.39 is 6.10 Å². The maximum absolute atomic E-state index is 12.9. The molecule has 0 amide bonds. The van der Waals surface area contributed by atoms with Crippen molar-refractivity contribution in [1.82, 2.24) is 0 Å². The largest absolute Gasteiger partial charge is 0.393 e. The number of ether oxygens (including phenoxy) is 1. The van der Waals surface area contributed by atoms with Crippen molar-refractivity contribution in [2.75, 3.05) is 6.61 Å². The second-order valence-electron chi connectivity index (χ2n) is 5.53. The molecule has 110 valence electrons. The topological polar surface area (TPSA) is 29.5 Å². The molecule has 0 fully saturated rings. The summed E-state index contributed by atoms with van der Waals surface area (Å²) in [6.45, 7) is 0.699. The predicted molar refractivity (Wildman–Crippen MR) is 79.6 cm³/mol. The maximum atomic E-state index is 12.9. The van der Waals surface area contributed by atoms with Crippen molar-refractivity contribution >= 4 is 0 Å². The fourth-order valence-corrected chi connectivity index (χ4v) is 2.89. The zero-order chi connectivity index (χ0) is 14.7. The molecular formula is C18H19FO2. The van der Waals surface area contributed by atoms with Crippen molar-refractivity contribution in [3.8, 4) is 0 Å². The number of rotatable bonds is 4. The molecule has 0 aromatic heterocycles. The fourth-order valence-electron chi connectivity index (χ4n) is 2.89. The Morgan fingerprint density at radius 1 is 1.14 bits per heavy atom. The number of halogens is 1. The van der Waals surface area contributed by atoms with Gasteiger partial charge in [-0.15, -0.1) is 0 Å². The van der Waals surface area contributed by atoms with Crippen LogP contribution in [0.2, 0.25) is 0 Å². The van der Waals surface area contributed by atoms with Crippen LogP contribution < -0.4 is 0 Å². The first-order valence-corrected chi connectivity index (χ1v) is 7.34. The first-order chi connectivity index (χ1) is 10.2. The SMILES string of the molecule is OC(Cc1ccc(F)cc1)CC1OCCc2ccccc21. The van der Waals surface area contributed by atoms with Crippen LogP contribution in [0.4, 0.5) is 4.39 Å². The van der Waals surface area contributed by atoms with Crippen LogP contribution in [-0.2, 0) is 17.6 Å². The van der Waals surface area contributed by atoms with Crippen LogP contribution in [0.15, 0.2) is 48.5 Å². The molecule has 2 atom stereocenters. The van der Waals surface area contributed by atoms with Crippen molar-refractivity contribution in [2.24, 2.45) is 0 Å². The lowest BCUT2D eigenvalue weighted by Gasteiger charge is -2.27. The van der Waals surface area contributed by atoms with Crippen molar-refractivity contribution in [3.05, 3.63) is 71.0 Å². The minimum absolute atomic E-state index is 0.0506. The normalized spacial score (nSPS) is 19.0. The minimum atomic E-state index is -0.494. The molecule has 0 radical (unpaired) electrons. The van der Waals surface area contributed by atoms with E-state index in [1.807, 2.05) is 12.1 Å². The van der Waals surface area contributed by atoms with Gasteiger partial charge in [-0.25, -0.2) is 4.39 Å². The number of hydrogen-bond acceptors (Lipinski definition) is 2. The summed E-state index contributed by atoms with van der Waals surface area (Å²) in [5, 5.41) is 10.3. The summed E-state index contributed by atoms with van der Waals surface area (Å²) in [7, 11) is 0. The van der Waals surface area contributed by atoms with Gasteiger partial charge in [0.15, 0.2) is 0 Å². The summed E-state index contributed by atoms with van der Waals surface area (Å²) in [5.41, 5.74) is 3.43. The molecule has 1 aliphatic rings. The van der Waals surface area contributed by atoms with Gasteiger partial charge in [-0.3, -0.25) is 0 Å². The van der Waals surface area contributed by atoms with Crippen molar-refractivity contribution in [3.63, 3.8) is 0 Å². The van der Waals surface area contributed by atoms with E-state index in [-0.39, 0.29) is 11.9 Å². The average Bonchev–Trinajstić information content (AvgIpc) is 2.50. The molecule has 0 saturated carbocycles. The van der Waals surface area contributed by atoms with E-state index in [0.717, 1.165) is 12.0 Å². The molecule has 0 bridgehead atoms. The number of benzene rings is 2. The van der Waals surface area contributed by atoms with E-state index in [0.29, 0.717) is 19.4 Å². The molecule has 3 rings (SSSR count).